The summed E-state index contributed by atoms with van der Waals surface area (Å²) in [6, 6.07) is 2.14. The van der Waals surface area contributed by atoms with Crippen molar-refractivity contribution in [3.8, 4) is 0 Å². The Morgan fingerprint density at radius 3 is 2.79 bits per heavy atom. The number of thiophene rings is 1. The first-order valence-corrected chi connectivity index (χ1v) is 7.56. The molecule has 4 nitrogen and oxygen atoms in total. The van der Waals surface area contributed by atoms with E-state index < -0.39 is 0 Å². The first kappa shape index (κ1) is 16.0. The van der Waals surface area contributed by atoms with Gasteiger partial charge in [-0.3, -0.25) is 4.99 Å². The molecular weight excluding hydrogens is 258 g/mol. The molecule has 1 heterocycles. The zero-order chi connectivity index (χ0) is 14.1. The van der Waals surface area contributed by atoms with Crippen LogP contribution in [-0.4, -0.2) is 32.8 Å². The number of aliphatic imine (C=N–C) groups is 1. The smallest absolute Gasteiger partial charge is 0.191 e. The van der Waals surface area contributed by atoms with E-state index in [1.807, 2.05) is 0 Å². The highest BCUT2D eigenvalue weighted by Gasteiger charge is 2.02. The monoisotopic (exact) mass is 283 g/mol. The number of nitrogens with one attached hydrogen (secondary N) is 2. The highest BCUT2D eigenvalue weighted by molar-refractivity contribution is 7.10. The molecule has 108 valence electrons. The number of rotatable bonds is 7. The number of ether oxygens (including phenoxy) is 1. The summed E-state index contributed by atoms with van der Waals surface area (Å²) in [7, 11) is 1.78. The minimum Gasteiger partial charge on any atom is -0.379 e. The third-order valence-electron chi connectivity index (χ3n) is 2.60. The van der Waals surface area contributed by atoms with Gasteiger partial charge >= 0.3 is 0 Å². The predicted molar refractivity (Wildman–Crippen MR) is 82.9 cm³/mol. The van der Waals surface area contributed by atoms with Gasteiger partial charge in [-0.05, 0) is 29.9 Å². The molecule has 0 atom stereocenters. The van der Waals surface area contributed by atoms with Crippen LogP contribution in [0.25, 0.3) is 0 Å². The average molecular weight is 283 g/mol. The largest absolute Gasteiger partial charge is 0.379 e. The maximum atomic E-state index is 5.52. The quantitative estimate of drug-likeness (QED) is 0.459. The van der Waals surface area contributed by atoms with Crippen LogP contribution in [-0.2, 0) is 11.3 Å². The van der Waals surface area contributed by atoms with Crippen LogP contribution in [0, 0.1) is 12.8 Å². The van der Waals surface area contributed by atoms with E-state index in [9.17, 15) is 0 Å². The summed E-state index contributed by atoms with van der Waals surface area (Å²) < 4.78 is 5.52. The maximum absolute atomic E-state index is 5.52. The van der Waals surface area contributed by atoms with Gasteiger partial charge in [-0.15, -0.1) is 11.3 Å². The summed E-state index contributed by atoms with van der Waals surface area (Å²) in [4.78, 5) is 5.54. The van der Waals surface area contributed by atoms with Gasteiger partial charge in [0.1, 0.15) is 0 Å². The van der Waals surface area contributed by atoms with Crippen molar-refractivity contribution in [2.45, 2.75) is 27.3 Å². The van der Waals surface area contributed by atoms with Gasteiger partial charge in [0.25, 0.3) is 0 Å². The third kappa shape index (κ3) is 6.59. The zero-order valence-electron chi connectivity index (χ0n) is 12.3. The minimum atomic E-state index is 0.583. The van der Waals surface area contributed by atoms with Gasteiger partial charge in [-0.2, -0.15) is 0 Å². The summed E-state index contributed by atoms with van der Waals surface area (Å²) in [6.07, 6.45) is 0. The summed E-state index contributed by atoms with van der Waals surface area (Å²) in [5.74, 6) is 1.40. The first-order chi connectivity index (χ1) is 9.13. The fraction of sp³-hybridized carbons (Fsp3) is 0.643. The Kier molecular flexibility index (Phi) is 7.52. The number of nitrogens with zero attached hydrogens (tertiary/aromatic N) is 1. The Balaban J connectivity index is 2.18. The fourth-order valence-electron chi connectivity index (χ4n) is 1.53. The molecule has 1 aromatic heterocycles. The second kappa shape index (κ2) is 8.93. The van der Waals surface area contributed by atoms with Gasteiger partial charge in [0.2, 0.25) is 0 Å². The Bertz CT molecular complexity index is 388. The van der Waals surface area contributed by atoms with Gasteiger partial charge in [-0.25, -0.2) is 0 Å². The molecule has 1 rings (SSSR count). The third-order valence-corrected chi connectivity index (χ3v) is 3.62. The van der Waals surface area contributed by atoms with Crippen molar-refractivity contribution in [3.05, 3.63) is 21.9 Å². The summed E-state index contributed by atoms with van der Waals surface area (Å²) >= 11 is 1.77. The molecule has 0 radical (unpaired) electrons. The lowest BCUT2D eigenvalue weighted by atomic mass is 10.2. The fourth-order valence-corrected chi connectivity index (χ4v) is 2.38. The second-order valence-corrected chi connectivity index (χ2v) is 5.85. The molecule has 0 aliphatic carbocycles. The van der Waals surface area contributed by atoms with E-state index in [1.165, 1.54) is 10.4 Å². The van der Waals surface area contributed by atoms with Gasteiger partial charge in [0, 0.05) is 25.1 Å². The minimum absolute atomic E-state index is 0.583. The summed E-state index contributed by atoms with van der Waals surface area (Å²) in [5, 5.41) is 8.66. The molecule has 2 N–H and O–H groups in total. The topological polar surface area (TPSA) is 45.7 Å². The molecule has 0 aromatic carbocycles. The van der Waals surface area contributed by atoms with Gasteiger partial charge in [0.15, 0.2) is 5.96 Å². The van der Waals surface area contributed by atoms with Crippen molar-refractivity contribution in [1.82, 2.24) is 10.6 Å². The highest BCUT2D eigenvalue weighted by atomic mass is 32.1. The molecule has 0 saturated carbocycles. The Hall–Kier alpha value is -1.07. The number of hydrogen-bond donors (Lipinski definition) is 2. The molecule has 1 aromatic rings. The molecule has 0 bridgehead atoms. The first-order valence-electron chi connectivity index (χ1n) is 6.68. The molecule has 19 heavy (non-hydrogen) atoms. The number of hydrogen-bond acceptors (Lipinski definition) is 3. The molecule has 0 amide bonds. The summed E-state index contributed by atoms with van der Waals surface area (Å²) in [5.41, 5.74) is 1.33. The van der Waals surface area contributed by atoms with Crippen LogP contribution in [0.4, 0.5) is 0 Å². The van der Waals surface area contributed by atoms with Crippen LogP contribution in [0.3, 0.4) is 0 Å². The Morgan fingerprint density at radius 1 is 1.42 bits per heavy atom. The van der Waals surface area contributed by atoms with Crippen molar-refractivity contribution < 1.29 is 4.74 Å². The van der Waals surface area contributed by atoms with Crippen molar-refractivity contribution in [3.63, 3.8) is 0 Å². The van der Waals surface area contributed by atoms with Crippen molar-refractivity contribution in [2.75, 3.05) is 26.8 Å². The van der Waals surface area contributed by atoms with Crippen molar-refractivity contribution >= 4 is 17.3 Å². The Morgan fingerprint density at radius 2 is 2.21 bits per heavy atom. The van der Waals surface area contributed by atoms with Crippen LogP contribution in [0.2, 0.25) is 0 Å². The predicted octanol–water partition coefficient (Wildman–Crippen LogP) is 2.39. The van der Waals surface area contributed by atoms with E-state index in [-0.39, 0.29) is 0 Å². The van der Waals surface area contributed by atoms with Crippen LogP contribution < -0.4 is 10.6 Å². The van der Waals surface area contributed by atoms with E-state index in [4.69, 9.17) is 4.74 Å². The lowest BCUT2D eigenvalue weighted by Gasteiger charge is -2.12. The second-order valence-electron chi connectivity index (χ2n) is 4.85. The van der Waals surface area contributed by atoms with E-state index in [0.717, 1.165) is 25.7 Å². The molecule has 0 spiro atoms. The SMILES string of the molecule is CN=C(NCCOCC(C)C)NCc1sccc1C. The lowest BCUT2D eigenvalue weighted by Crippen LogP contribution is -2.38. The van der Waals surface area contributed by atoms with Crippen LogP contribution >= 0.6 is 11.3 Å². The van der Waals surface area contributed by atoms with Crippen LogP contribution in [0.5, 0.6) is 0 Å². The van der Waals surface area contributed by atoms with Crippen molar-refractivity contribution in [2.24, 2.45) is 10.9 Å². The normalized spacial score (nSPS) is 11.9. The molecule has 5 heteroatoms. The molecule has 0 unspecified atom stereocenters. The number of aryl methyl sites for hydroxylation is 1. The maximum Gasteiger partial charge on any atom is 0.191 e. The van der Waals surface area contributed by atoms with E-state index in [2.05, 4.69) is 47.8 Å². The van der Waals surface area contributed by atoms with Crippen LogP contribution in [0.1, 0.15) is 24.3 Å². The van der Waals surface area contributed by atoms with Gasteiger partial charge < -0.3 is 15.4 Å². The molecule has 0 saturated heterocycles. The zero-order valence-corrected chi connectivity index (χ0v) is 13.1. The van der Waals surface area contributed by atoms with E-state index in [1.54, 1.807) is 18.4 Å². The highest BCUT2D eigenvalue weighted by Crippen LogP contribution is 2.14. The average Bonchev–Trinajstić information content (AvgIpc) is 2.78. The number of guanidine groups is 1. The molecule has 0 aliphatic heterocycles. The van der Waals surface area contributed by atoms with Gasteiger partial charge in [-0.1, -0.05) is 13.8 Å². The summed E-state index contributed by atoms with van der Waals surface area (Å²) in [6.45, 7) is 9.53. The van der Waals surface area contributed by atoms with Crippen molar-refractivity contribution in [1.29, 1.82) is 0 Å². The standard InChI is InChI=1S/C14H25N3OS/c1-11(2)10-18-7-6-16-14(15-4)17-9-13-12(3)5-8-19-13/h5,8,11H,6-7,9-10H2,1-4H3,(H2,15,16,17). The van der Waals surface area contributed by atoms with Crippen LogP contribution in [0.15, 0.2) is 16.4 Å². The molecule has 0 fully saturated rings. The van der Waals surface area contributed by atoms with E-state index in [0.29, 0.717) is 12.5 Å². The van der Waals surface area contributed by atoms with E-state index >= 15 is 0 Å². The van der Waals surface area contributed by atoms with Gasteiger partial charge in [0.05, 0.1) is 13.2 Å². The lowest BCUT2D eigenvalue weighted by molar-refractivity contribution is 0.114. The Labute approximate surface area is 120 Å². The molecular formula is C14H25N3OS. The molecule has 0 aliphatic rings.